The van der Waals surface area contributed by atoms with Crippen LogP contribution in [-0.4, -0.2) is 73.9 Å². The lowest BCUT2D eigenvalue weighted by Gasteiger charge is -2.44. The zero-order valence-electron chi connectivity index (χ0n) is 21.0. The second-order valence-electron chi connectivity index (χ2n) is 11.2. The summed E-state index contributed by atoms with van der Waals surface area (Å²) in [6.45, 7) is 15.8. The molecule has 184 valence electrons. The summed E-state index contributed by atoms with van der Waals surface area (Å²) in [7, 11) is 0. The average Bonchev–Trinajstić information content (AvgIpc) is 3.26. The summed E-state index contributed by atoms with van der Waals surface area (Å²) >= 11 is 0. The first-order chi connectivity index (χ1) is 16.2. The van der Waals surface area contributed by atoms with Gasteiger partial charge in [0.25, 0.3) is 0 Å². The van der Waals surface area contributed by atoms with Crippen molar-refractivity contribution < 1.29 is 14.3 Å². The van der Waals surface area contributed by atoms with Crippen molar-refractivity contribution in [3.63, 3.8) is 0 Å². The van der Waals surface area contributed by atoms with E-state index in [9.17, 15) is 4.79 Å². The van der Waals surface area contributed by atoms with E-state index in [-0.39, 0.29) is 22.8 Å². The van der Waals surface area contributed by atoms with Gasteiger partial charge in [0.2, 0.25) is 5.91 Å². The van der Waals surface area contributed by atoms with Crippen molar-refractivity contribution in [1.29, 1.82) is 0 Å². The van der Waals surface area contributed by atoms with Crippen molar-refractivity contribution in [3.8, 4) is 0 Å². The topological polar surface area (TPSA) is 66.9 Å². The molecule has 3 fully saturated rings. The van der Waals surface area contributed by atoms with Crippen LogP contribution in [0.5, 0.6) is 0 Å². The van der Waals surface area contributed by atoms with Crippen molar-refractivity contribution in [3.05, 3.63) is 30.0 Å². The van der Waals surface area contributed by atoms with Gasteiger partial charge in [-0.1, -0.05) is 13.8 Å². The monoisotopic (exact) mass is 466 g/mol. The van der Waals surface area contributed by atoms with E-state index in [0.29, 0.717) is 19.0 Å². The third-order valence-electron chi connectivity index (χ3n) is 8.15. The molecular formula is C27H38N4O3. The van der Waals surface area contributed by atoms with Gasteiger partial charge in [-0.25, -0.2) is 4.98 Å². The van der Waals surface area contributed by atoms with Crippen molar-refractivity contribution >= 4 is 28.2 Å². The lowest BCUT2D eigenvalue weighted by atomic mass is 9.76. The number of nitrogens with zero attached hydrogens (tertiary/aromatic N) is 3. The van der Waals surface area contributed by atoms with Crippen LogP contribution < -0.4 is 10.2 Å². The fraction of sp³-hybridized carbons (Fsp3) is 0.630. The predicted octanol–water partition coefficient (Wildman–Crippen LogP) is 3.85. The van der Waals surface area contributed by atoms with E-state index in [1.54, 1.807) is 0 Å². The highest BCUT2D eigenvalue weighted by atomic mass is 16.5. The Morgan fingerprint density at radius 3 is 2.50 bits per heavy atom. The minimum Gasteiger partial charge on any atom is -0.381 e. The number of fused-ring (bicyclic) bond motifs is 1. The molecule has 0 unspecified atom stereocenters. The number of hydrogen-bond acceptors (Lipinski definition) is 6. The smallest absolute Gasteiger partial charge is 0.229 e. The molecule has 0 spiro atoms. The van der Waals surface area contributed by atoms with Crippen LogP contribution >= 0.6 is 0 Å². The van der Waals surface area contributed by atoms with Crippen LogP contribution in [-0.2, 0) is 14.3 Å². The number of ether oxygens (including phenoxy) is 2. The fourth-order valence-corrected chi connectivity index (χ4v) is 5.82. The van der Waals surface area contributed by atoms with E-state index in [1.165, 1.54) is 11.3 Å². The zero-order chi connectivity index (χ0) is 23.9. The summed E-state index contributed by atoms with van der Waals surface area (Å²) < 4.78 is 11.3. The maximum absolute atomic E-state index is 13.0. The second-order valence-corrected chi connectivity index (χ2v) is 11.2. The molecule has 2 atom stereocenters. The molecule has 3 aliphatic rings. The Morgan fingerprint density at radius 1 is 1.03 bits per heavy atom. The van der Waals surface area contributed by atoms with E-state index < -0.39 is 0 Å². The predicted molar refractivity (Wildman–Crippen MR) is 135 cm³/mol. The number of rotatable bonds is 4. The number of carbonyl (C=O) groups is 1. The Bertz CT molecular complexity index is 1060. The molecule has 5 rings (SSSR count). The van der Waals surface area contributed by atoms with Crippen LogP contribution in [0.3, 0.4) is 0 Å². The highest BCUT2D eigenvalue weighted by Gasteiger charge is 2.39. The minimum absolute atomic E-state index is 0.0352. The normalized spacial score (nSPS) is 27.8. The van der Waals surface area contributed by atoms with Crippen molar-refractivity contribution in [2.24, 2.45) is 11.3 Å². The number of aromatic nitrogens is 1. The number of pyridine rings is 1. The summed E-state index contributed by atoms with van der Waals surface area (Å²) in [6, 6.07) is 6.48. The van der Waals surface area contributed by atoms with Crippen LogP contribution in [0.1, 0.15) is 39.2 Å². The largest absolute Gasteiger partial charge is 0.381 e. The van der Waals surface area contributed by atoms with Gasteiger partial charge in [-0.15, -0.1) is 0 Å². The molecule has 0 bridgehead atoms. The first kappa shape index (κ1) is 23.5. The number of piperazine rings is 1. The van der Waals surface area contributed by atoms with Gasteiger partial charge in [-0.05, 0) is 61.3 Å². The van der Waals surface area contributed by atoms with Crippen molar-refractivity contribution in [2.75, 3.05) is 62.8 Å². The molecule has 1 aromatic carbocycles. The molecule has 2 aromatic rings. The van der Waals surface area contributed by atoms with Gasteiger partial charge in [0.15, 0.2) is 0 Å². The summed E-state index contributed by atoms with van der Waals surface area (Å²) in [6.07, 6.45) is 3.73. The molecule has 0 aliphatic carbocycles. The Kier molecular flexibility index (Phi) is 6.29. The summed E-state index contributed by atoms with van der Waals surface area (Å²) in [4.78, 5) is 22.7. The number of amides is 1. The van der Waals surface area contributed by atoms with Crippen molar-refractivity contribution in [1.82, 2.24) is 9.88 Å². The fourth-order valence-electron chi connectivity index (χ4n) is 5.82. The molecule has 7 nitrogen and oxygen atoms in total. The van der Waals surface area contributed by atoms with E-state index in [2.05, 4.69) is 59.9 Å². The molecular weight excluding hydrogens is 428 g/mol. The molecule has 0 radical (unpaired) electrons. The quantitative estimate of drug-likeness (QED) is 0.739. The Morgan fingerprint density at radius 2 is 1.79 bits per heavy atom. The van der Waals surface area contributed by atoms with Crippen molar-refractivity contribution in [2.45, 2.75) is 46.1 Å². The Balaban J connectivity index is 1.31. The van der Waals surface area contributed by atoms with Gasteiger partial charge in [-0.2, -0.15) is 0 Å². The van der Waals surface area contributed by atoms with Crippen LogP contribution in [0.4, 0.5) is 11.5 Å². The molecule has 1 amide bonds. The number of nitrogens with one attached hydrogen (secondary N) is 1. The summed E-state index contributed by atoms with van der Waals surface area (Å²) in [5.74, 6) is 0.581. The third-order valence-corrected chi connectivity index (χ3v) is 8.15. The highest BCUT2D eigenvalue weighted by Crippen LogP contribution is 2.35. The number of carbonyl (C=O) groups excluding carboxylic acids is 1. The van der Waals surface area contributed by atoms with Crippen LogP contribution in [0, 0.1) is 18.3 Å². The number of hydrogen-bond donors (Lipinski definition) is 1. The molecule has 7 heteroatoms. The van der Waals surface area contributed by atoms with Crippen LogP contribution in [0.15, 0.2) is 24.4 Å². The van der Waals surface area contributed by atoms with E-state index >= 15 is 0 Å². The lowest BCUT2D eigenvalue weighted by molar-refractivity contribution is -0.130. The van der Waals surface area contributed by atoms with E-state index in [4.69, 9.17) is 9.47 Å². The average molecular weight is 467 g/mol. The molecule has 4 heterocycles. The maximum atomic E-state index is 13.0. The maximum Gasteiger partial charge on any atom is 0.229 e. The van der Waals surface area contributed by atoms with Gasteiger partial charge < -0.3 is 19.7 Å². The summed E-state index contributed by atoms with van der Waals surface area (Å²) in [5, 5.41) is 5.28. The lowest BCUT2D eigenvalue weighted by Crippen LogP contribution is -2.56. The molecule has 1 aromatic heterocycles. The van der Waals surface area contributed by atoms with Gasteiger partial charge >= 0.3 is 0 Å². The van der Waals surface area contributed by atoms with Crippen LogP contribution in [0.2, 0.25) is 0 Å². The molecule has 1 N–H and O–H groups in total. The van der Waals surface area contributed by atoms with Gasteiger partial charge in [-0.3, -0.25) is 9.69 Å². The number of benzene rings is 1. The summed E-state index contributed by atoms with van der Waals surface area (Å²) in [5.41, 5.74) is 2.54. The third kappa shape index (κ3) is 4.53. The highest BCUT2D eigenvalue weighted by molar-refractivity contribution is 5.95. The molecule has 3 saturated heterocycles. The first-order valence-electron chi connectivity index (χ1n) is 12.6. The van der Waals surface area contributed by atoms with Gasteiger partial charge in [0, 0.05) is 68.1 Å². The van der Waals surface area contributed by atoms with E-state index in [0.717, 1.165) is 63.0 Å². The van der Waals surface area contributed by atoms with E-state index in [1.807, 2.05) is 12.3 Å². The number of aryl methyl sites for hydroxylation is 1. The minimum atomic E-state index is -0.173. The molecule has 3 aliphatic heterocycles. The first-order valence-corrected chi connectivity index (χ1v) is 12.6. The second kappa shape index (κ2) is 9.10. The van der Waals surface area contributed by atoms with Gasteiger partial charge in [0.1, 0.15) is 5.82 Å². The molecule has 0 saturated carbocycles. The Labute approximate surface area is 202 Å². The van der Waals surface area contributed by atoms with Crippen LogP contribution in [0.25, 0.3) is 10.8 Å². The standard InChI is InChI=1S/C27H38N4O3/c1-19-13-21-16-28-24(29-25(32)22-5-11-33-17-26(22,2)3)15-20(21)14-23(19)30-7-9-31(10-8-30)27(4)6-12-34-18-27/h13-16,22H,5-12,17-18H2,1-4H3,(H,28,29,32)/t22-,27-/m1/s1. The Hall–Kier alpha value is -2.22. The zero-order valence-corrected chi connectivity index (χ0v) is 21.0. The number of anilines is 2. The SMILES string of the molecule is Cc1cc2cnc(NC(=O)[C@H]3CCOCC3(C)C)cc2cc1N1CCN([C@]2(C)CCOC2)CC1. The molecule has 34 heavy (non-hydrogen) atoms. The van der Waals surface area contributed by atoms with Gasteiger partial charge in [0.05, 0.1) is 13.2 Å².